The number of aromatic nitrogens is 1. The highest BCUT2D eigenvalue weighted by Gasteiger charge is 2.08. The normalized spacial score (nSPS) is 10.4. The molecule has 0 bridgehead atoms. The van der Waals surface area contributed by atoms with Crippen molar-refractivity contribution in [2.45, 2.75) is 0 Å². The molecule has 1 aromatic carbocycles. The summed E-state index contributed by atoms with van der Waals surface area (Å²) in [5.74, 6) is -0.0752. The van der Waals surface area contributed by atoms with E-state index in [4.69, 9.17) is 0 Å². The van der Waals surface area contributed by atoms with Crippen LogP contribution >= 0.6 is 33.9 Å². The van der Waals surface area contributed by atoms with Gasteiger partial charge in [0.1, 0.15) is 0 Å². The summed E-state index contributed by atoms with van der Waals surface area (Å²) >= 11 is 3.78. The Bertz CT molecular complexity index is 734. The second-order valence-electron chi connectivity index (χ2n) is 4.23. The van der Waals surface area contributed by atoms with E-state index in [1.165, 1.54) is 0 Å². The zero-order chi connectivity index (χ0) is 13.9. The molecule has 2 heterocycles. The monoisotopic (exact) mass is 394 g/mol. The zero-order valence-electron chi connectivity index (χ0n) is 10.4. The van der Waals surface area contributed by atoms with Crippen molar-refractivity contribution in [2.75, 3.05) is 5.32 Å². The molecule has 0 aliphatic carbocycles. The Balaban J connectivity index is 1.81. The molecule has 0 radical (unpaired) electrons. The Morgan fingerprint density at radius 3 is 2.65 bits per heavy atom. The van der Waals surface area contributed by atoms with Crippen LogP contribution < -0.4 is 5.32 Å². The van der Waals surface area contributed by atoms with Crippen LogP contribution in [0.4, 0.5) is 5.69 Å². The number of benzene rings is 1. The molecule has 20 heavy (non-hydrogen) atoms. The molecule has 0 saturated heterocycles. The largest absolute Gasteiger partial charge is 0.324 e. The molecule has 5 heteroatoms. The molecular formula is C15H11IN2OS. The van der Waals surface area contributed by atoms with E-state index in [-0.39, 0.29) is 5.91 Å². The van der Waals surface area contributed by atoms with Gasteiger partial charge in [0.2, 0.25) is 0 Å². The number of anilines is 1. The third kappa shape index (κ3) is 2.94. The first-order chi connectivity index (χ1) is 9.72. The van der Waals surface area contributed by atoms with Gasteiger partial charge in [-0.1, -0.05) is 6.07 Å². The highest BCUT2D eigenvalue weighted by atomic mass is 127. The summed E-state index contributed by atoms with van der Waals surface area (Å²) in [6.07, 6.45) is 3.95. The molecule has 3 nitrogen and oxygen atoms in total. The zero-order valence-corrected chi connectivity index (χ0v) is 13.4. The Labute approximate surface area is 134 Å². The number of amides is 1. The molecule has 0 aliphatic heterocycles. The van der Waals surface area contributed by atoms with Gasteiger partial charge in [0.15, 0.2) is 0 Å². The van der Waals surface area contributed by atoms with E-state index in [1.807, 2.05) is 64.8 Å². The van der Waals surface area contributed by atoms with Gasteiger partial charge in [-0.2, -0.15) is 0 Å². The highest BCUT2D eigenvalue weighted by Crippen LogP contribution is 2.19. The van der Waals surface area contributed by atoms with Crippen LogP contribution in [0.5, 0.6) is 0 Å². The van der Waals surface area contributed by atoms with Gasteiger partial charge in [0.05, 0.1) is 8.45 Å². The highest BCUT2D eigenvalue weighted by molar-refractivity contribution is 14.1. The van der Waals surface area contributed by atoms with E-state index in [9.17, 15) is 4.79 Å². The number of hydrogen-bond donors (Lipinski definition) is 1. The van der Waals surface area contributed by atoms with E-state index in [0.29, 0.717) is 5.56 Å². The molecule has 0 saturated carbocycles. The van der Waals surface area contributed by atoms with Crippen LogP contribution in [0.1, 0.15) is 10.4 Å². The summed E-state index contributed by atoms with van der Waals surface area (Å²) in [5, 5.41) is 4.79. The number of hydrogen-bond acceptors (Lipinski definition) is 2. The summed E-state index contributed by atoms with van der Waals surface area (Å²) in [5.41, 5.74) is 2.51. The molecule has 0 fully saturated rings. The molecule has 3 rings (SSSR count). The van der Waals surface area contributed by atoms with Gasteiger partial charge in [-0.3, -0.25) is 4.79 Å². The predicted octanol–water partition coefficient (Wildman–Crippen LogP) is 4.40. The number of carbonyl (C=O) groups excluding carboxylic acids is 1. The second-order valence-corrected chi connectivity index (χ2v) is 7.04. The SMILES string of the molecule is O=C(Nc1cccc(-n2cccc2)c1)c1csc(I)c1. The molecule has 1 N–H and O–H groups in total. The Kier molecular flexibility index (Phi) is 3.88. The first kappa shape index (κ1) is 13.4. The number of rotatable bonds is 3. The van der Waals surface area contributed by atoms with Crippen LogP contribution in [0.2, 0.25) is 0 Å². The van der Waals surface area contributed by atoms with Gasteiger partial charge in [-0.05, 0) is 59.0 Å². The third-order valence-corrected chi connectivity index (χ3v) is 4.63. The average molecular weight is 394 g/mol. The van der Waals surface area contributed by atoms with Crippen LogP contribution in [0.25, 0.3) is 5.69 Å². The Morgan fingerprint density at radius 2 is 1.95 bits per heavy atom. The van der Waals surface area contributed by atoms with Crippen molar-refractivity contribution in [3.8, 4) is 5.69 Å². The van der Waals surface area contributed by atoms with E-state index >= 15 is 0 Å². The molecule has 100 valence electrons. The maximum Gasteiger partial charge on any atom is 0.256 e. The molecule has 1 amide bonds. The lowest BCUT2D eigenvalue weighted by atomic mass is 10.2. The fourth-order valence-corrected chi connectivity index (χ4v) is 3.21. The summed E-state index contributed by atoms with van der Waals surface area (Å²) in [7, 11) is 0. The lowest BCUT2D eigenvalue weighted by Crippen LogP contribution is -2.11. The minimum atomic E-state index is -0.0752. The Hall–Kier alpha value is -1.60. The molecule has 0 atom stereocenters. The molecule has 0 aliphatic rings. The minimum absolute atomic E-state index is 0.0752. The topological polar surface area (TPSA) is 34.0 Å². The number of nitrogens with zero attached hydrogens (tertiary/aromatic N) is 1. The summed E-state index contributed by atoms with van der Waals surface area (Å²) < 4.78 is 3.11. The third-order valence-electron chi connectivity index (χ3n) is 2.84. The quantitative estimate of drug-likeness (QED) is 0.657. The van der Waals surface area contributed by atoms with Gasteiger partial charge in [-0.15, -0.1) is 11.3 Å². The van der Waals surface area contributed by atoms with Gasteiger partial charge >= 0.3 is 0 Å². The van der Waals surface area contributed by atoms with Crippen LogP contribution in [-0.4, -0.2) is 10.5 Å². The summed E-state index contributed by atoms with van der Waals surface area (Å²) in [6.45, 7) is 0. The summed E-state index contributed by atoms with van der Waals surface area (Å²) in [4.78, 5) is 12.1. The van der Waals surface area contributed by atoms with Crippen molar-refractivity contribution in [3.63, 3.8) is 0 Å². The van der Waals surface area contributed by atoms with Crippen LogP contribution in [0, 0.1) is 2.88 Å². The molecule has 2 aromatic heterocycles. The van der Waals surface area contributed by atoms with Crippen LogP contribution in [0.3, 0.4) is 0 Å². The van der Waals surface area contributed by atoms with Crippen molar-refractivity contribution < 1.29 is 4.79 Å². The molecule has 0 unspecified atom stereocenters. The van der Waals surface area contributed by atoms with E-state index in [0.717, 1.165) is 14.3 Å². The van der Waals surface area contributed by atoms with Crippen molar-refractivity contribution in [3.05, 3.63) is 68.7 Å². The van der Waals surface area contributed by atoms with Crippen LogP contribution in [0.15, 0.2) is 60.2 Å². The number of carbonyl (C=O) groups is 1. The smallest absolute Gasteiger partial charge is 0.256 e. The minimum Gasteiger partial charge on any atom is -0.324 e. The summed E-state index contributed by atoms with van der Waals surface area (Å²) in [6, 6.07) is 13.6. The lowest BCUT2D eigenvalue weighted by molar-refractivity contribution is 0.102. The number of nitrogens with one attached hydrogen (secondary N) is 1. The van der Waals surface area contributed by atoms with E-state index in [1.54, 1.807) is 11.3 Å². The Morgan fingerprint density at radius 1 is 1.15 bits per heavy atom. The average Bonchev–Trinajstić information content (AvgIpc) is 3.10. The predicted molar refractivity (Wildman–Crippen MR) is 90.8 cm³/mol. The van der Waals surface area contributed by atoms with Crippen molar-refractivity contribution in [1.82, 2.24) is 4.57 Å². The van der Waals surface area contributed by atoms with Crippen molar-refractivity contribution >= 4 is 45.5 Å². The standard InChI is InChI=1S/C15H11IN2OS/c16-14-8-11(10-20-14)15(19)17-12-4-3-5-13(9-12)18-6-1-2-7-18/h1-10H,(H,17,19). The van der Waals surface area contributed by atoms with Crippen molar-refractivity contribution in [1.29, 1.82) is 0 Å². The van der Waals surface area contributed by atoms with Crippen LogP contribution in [-0.2, 0) is 0 Å². The molecule has 3 aromatic rings. The second kappa shape index (κ2) is 5.80. The first-order valence-corrected chi connectivity index (χ1v) is 7.97. The lowest BCUT2D eigenvalue weighted by Gasteiger charge is -2.07. The van der Waals surface area contributed by atoms with Gasteiger partial charge in [0, 0.05) is 29.1 Å². The number of thiophene rings is 1. The van der Waals surface area contributed by atoms with Gasteiger partial charge < -0.3 is 9.88 Å². The van der Waals surface area contributed by atoms with E-state index < -0.39 is 0 Å². The molecule has 0 spiro atoms. The fourth-order valence-electron chi connectivity index (χ4n) is 1.88. The van der Waals surface area contributed by atoms with E-state index in [2.05, 4.69) is 27.9 Å². The number of halogens is 1. The van der Waals surface area contributed by atoms with Gasteiger partial charge in [0.25, 0.3) is 5.91 Å². The maximum atomic E-state index is 12.1. The van der Waals surface area contributed by atoms with Crippen molar-refractivity contribution in [2.24, 2.45) is 0 Å². The molecular weight excluding hydrogens is 383 g/mol. The first-order valence-electron chi connectivity index (χ1n) is 6.01. The fraction of sp³-hybridized carbons (Fsp3) is 0. The van der Waals surface area contributed by atoms with Gasteiger partial charge in [-0.25, -0.2) is 0 Å². The maximum absolute atomic E-state index is 12.1.